The molecule has 2 aromatic rings. The molecule has 1 aromatic heterocycles. The van der Waals surface area contributed by atoms with Gasteiger partial charge in [0.25, 0.3) is 0 Å². The number of pyridine rings is 1. The van der Waals surface area contributed by atoms with E-state index >= 15 is 0 Å². The minimum absolute atomic E-state index is 0.0521. The van der Waals surface area contributed by atoms with Crippen LogP contribution in [-0.2, 0) is 11.2 Å². The molecule has 0 aliphatic heterocycles. The van der Waals surface area contributed by atoms with Crippen molar-refractivity contribution in [2.45, 2.75) is 25.6 Å². The van der Waals surface area contributed by atoms with Crippen molar-refractivity contribution in [1.82, 2.24) is 4.98 Å². The molecule has 30 heavy (non-hydrogen) atoms. The molecule has 0 spiro atoms. The molecule has 0 atom stereocenters. The van der Waals surface area contributed by atoms with Crippen LogP contribution in [0.25, 0.3) is 0 Å². The lowest BCUT2D eigenvalue weighted by Gasteiger charge is -2.13. The first-order valence-corrected chi connectivity index (χ1v) is 8.78. The van der Waals surface area contributed by atoms with Crippen molar-refractivity contribution < 1.29 is 37.7 Å². The van der Waals surface area contributed by atoms with Crippen molar-refractivity contribution in [3.8, 4) is 17.6 Å². The van der Waals surface area contributed by atoms with E-state index in [0.29, 0.717) is 0 Å². The number of hydrogen-bond acceptors (Lipinski definition) is 6. The second kappa shape index (κ2) is 9.19. The fourth-order valence-corrected chi connectivity index (χ4v) is 3.02. The monoisotopic (exact) mass is 462 g/mol. The summed E-state index contributed by atoms with van der Waals surface area (Å²) in [6.45, 7) is 0. The summed E-state index contributed by atoms with van der Waals surface area (Å²) < 4.78 is 40.9. The predicted octanol–water partition coefficient (Wildman–Crippen LogP) is 4.50. The lowest BCUT2D eigenvalue weighted by molar-refractivity contribution is -0.274. The highest BCUT2D eigenvalue weighted by molar-refractivity contribution is 6.36. The number of nitriles is 1. The summed E-state index contributed by atoms with van der Waals surface area (Å²) in [6, 6.07) is 4.60. The van der Waals surface area contributed by atoms with E-state index in [2.05, 4.69) is 9.72 Å². The first kappa shape index (κ1) is 23.3. The van der Waals surface area contributed by atoms with Gasteiger partial charge in [0.05, 0.1) is 12.0 Å². The van der Waals surface area contributed by atoms with Gasteiger partial charge in [0, 0.05) is 28.6 Å². The van der Waals surface area contributed by atoms with Gasteiger partial charge in [-0.05, 0) is 23.8 Å². The van der Waals surface area contributed by atoms with Crippen molar-refractivity contribution in [1.29, 1.82) is 5.26 Å². The molecule has 7 nitrogen and oxygen atoms in total. The molecule has 0 aliphatic carbocycles. The van der Waals surface area contributed by atoms with Crippen LogP contribution in [0, 0.1) is 11.3 Å². The molecule has 0 bridgehead atoms. The summed E-state index contributed by atoms with van der Waals surface area (Å²) in [5, 5.41) is 27.5. The van der Waals surface area contributed by atoms with E-state index in [1.165, 1.54) is 0 Å². The van der Waals surface area contributed by atoms with Crippen LogP contribution in [0.4, 0.5) is 13.2 Å². The van der Waals surface area contributed by atoms with Crippen LogP contribution in [0.2, 0.25) is 10.0 Å². The number of carbonyl (C=O) groups is 2. The first-order valence-electron chi connectivity index (χ1n) is 8.03. The number of nitrogens with zero attached hydrogens (tertiary/aromatic N) is 2. The van der Waals surface area contributed by atoms with Crippen molar-refractivity contribution in [2.24, 2.45) is 0 Å². The van der Waals surface area contributed by atoms with Crippen molar-refractivity contribution in [3.63, 3.8) is 0 Å². The van der Waals surface area contributed by atoms with Gasteiger partial charge in [0.2, 0.25) is 0 Å². The van der Waals surface area contributed by atoms with Gasteiger partial charge in [-0.15, -0.1) is 13.2 Å². The quantitative estimate of drug-likeness (QED) is 0.580. The number of carboxylic acids is 1. The normalized spacial score (nSPS) is 11.1. The van der Waals surface area contributed by atoms with E-state index in [4.69, 9.17) is 33.6 Å². The maximum absolute atomic E-state index is 12.4. The molecule has 0 saturated heterocycles. The molecular formula is C18H11Cl2F3N2O5. The molecule has 2 N–H and O–H groups in total. The number of carboxylic acid groups (broad SMARTS) is 1. The van der Waals surface area contributed by atoms with E-state index in [1.54, 1.807) is 6.07 Å². The predicted molar refractivity (Wildman–Crippen MR) is 97.8 cm³/mol. The number of aliphatic carboxylic acids is 1. The Balaban J connectivity index is 2.41. The summed E-state index contributed by atoms with van der Waals surface area (Å²) in [4.78, 5) is 26.8. The fraction of sp³-hybridized carbons (Fsp3) is 0.222. The van der Waals surface area contributed by atoms with Gasteiger partial charge in [-0.25, -0.2) is 4.98 Å². The molecule has 0 unspecified atom stereocenters. The SMILES string of the molecule is N#Cc1cc(Cc2c(Cl)cc(OC(F)(F)F)cc2Cl)nc(C(=O)CCC(=O)O)c1O. The van der Waals surface area contributed by atoms with E-state index in [9.17, 15) is 27.9 Å². The molecule has 0 aliphatic rings. The molecule has 1 aromatic carbocycles. The number of hydrogen-bond donors (Lipinski definition) is 2. The third kappa shape index (κ3) is 5.98. The molecule has 0 radical (unpaired) electrons. The van der Waals surface area contributed by atoms with E-state index in [1.807, 2.05) is 0 Å². The molecule has 158 valence electrons. The smallest absolute Gasteiger partial charge is 0.504 e. The number of benzene rings is 1. The second-order valence-electron chi connectivity index (χ2n) is 5.88. The maximum atomic E-state index is 12.4. The molecule has 0 amide bonds. The maximum Gasteiger partial charge on any atom is 0.573 e. The zero-order valence-electron chi connectivity index (χ0n) is 14.8. The second-order valence-corrected chi connectivity index (χ2v) is 6.69. The number of rotatable bonds is 7. The van der Waals surface area contributed by atoms with Crippen molar-refractivity contribution in [2.75, 3.05) is 0 Å². The summed E-state index contributed by atoms with van der Waals surface area (Å²) in [6.07, 6.45) is -6.11. The highest BCUT2D eigenvalue weighted by Crippen LogP contribution is 2.35. The molecular weight excluding hydrogens is 452 g/mol. The summed E-state index contributed by atoms with van der Waals surface area (Å²) in [7, 11) is 0. The van der Waals surface area contributed by atoms with Crippen LogP contribution in [-0.4, -0.2) is 33.3 Å². The average molecular weight is 463 g/mol. The average Bonchev–Trinajstić information content (AvgIpc) is 2.62. The molecule has 12 heteroatoms. The minimum Gasteiger partial charge on any atom is -0.504 e. The summed E-state index contributed by atoms with van der Waals surface area (Å²) in [5.41, 5.74) is -0.618. The lowest BCUT2D eigenvalue weighted by Crippen LogP contribution is -2.17. The number of aromatic nitrogens is 1. The zero-order valence-corrected chi connectivity index (χ0v) is 16.3. The minimum atomic E-state index is -4.94. The van der Waals surface area contributed by atoms with Gasteiger partial charge >= 0.3 is 12.3 Å². The van der Waals surface area contributed by atoms with Crippen LogP contribution in [0.5, 0.6) is 11.5 Å². The van der Waals surface area contributed by atoms with Crippen LogP contribution < -0.4 is 4.74 Å². The van der Waals surface area contributed by atoms with Gasteiger partial charge in [-0.3, -0.25) is 9.59 Å². The first-order chi connectivity index (χ1) is 13.9. The summed E-state index contributed by atoms with van der Waals surface area (Å²) in [5.74, 6) is -3.39. The highest BCUT2D eigenvalue weighted by Gasteiger charge is 2.31. The lowest BCUT2D eigenvalue weighted by atomic mass is 10.0. The van der Waals surface area contributed by atoms with Crippen LogP contribution in [0.3, 0.4) is 0 Å². The number of halogens is 5. The largest absolute Gasteiger partial charge is 0.573 e. The van der Waals surface area contributed by atoms with Gasteiger partial charge in [0.15, 0.2) is 11.5 Å². The van der Waals surface area contributed by atoms with E-state index < -0.39 is 48.1 Å². The van der Waals surface area contributed by atoms with Gasteiger partial charge in [0.1, 0.15) is 17.5 Å². The van der Waals surface area contributed by atoms with E-state index in [-0.39, 0.29) is 33.3 Å². The number of Topliss-reactive ketones (excluding diaryl/α,β-unsaturated/α-hetero) is 1. The Morgan fingerprint density at radius 3 is 2.27 bits per heavy atom. The van der Waals surface area contributed by atoms with Crippen molar-refractivity contribution in [3.05, 3.63) is 50.8 Å². The van der Waals surface area contributed by atoms with Gasteiger partial charge in [-0.1, -0.05) is 23.2 Å². The molecule has 2 rings (SSSR count). The number of alkyl halides is 3. The Bertz CT molecular complexity index is 1030. The Morgan fingerprint density at radius 2 is 1.77 bits per heavy atom. The molecule has 1 heterocycles. The Hall–Kier alpha value is -3.03. The fourth-order valence-electron chi connectivity index (χ4n) is 2.42. The highest BCUT2D eigenvalue weighted by atomic mass is 35.5. The topological polar surface area (TPSA) is 121 Å². The van der Waals surface area contributed by atoms with Gasteiger partial charge < -0.3 is 14.9 Å². The Morgan fingerprint density at radius 1 is 1.17 bits per heavy atom. The van der Waals surface area contributed by atoms with Crippen LogP contribution in [0.1, 0.15) is 40.2 Å². The third-order valence-corrected chi connectivity index (χ3v) is 4.38. The number of ether oxygens (including phenoxy) is 1. The summed E-state index contributed by atoms with van der Waals surface area (Å²) >= 11 is 12.0. The number of carbonyl (C=O) groups excluding carboxylic acids is 1. The van der Waals surface area contributed by atoms with E-state index in [0.717, 1.165) is 18.2 Å². The van der Waals surface area contributed by atoms with Crippen LogP contribution >= 0.6 is 23.2 Å². The van der Waals surface area contributed by atoms with Crippen molar-refractivity contribution >= 4 is 35.0 Å². The zero-order chi connectivity index (χ0) is 22.6. The Labute approximate surface area is 177 Å². The third-order valence-electron chi connectivity index (χ3n) is 3.70. The molecule has 0 fully saturated rings. The molecule has 0 saturated carbocycles. The number of ketones is 1. The van der Waals surface area contributed by atoms with Gasteiger partial charge in [-0.2, -0.15) is 5.26 Å². The van der Waals surface area contributed by atoms with Crippen LogP contribution in [0.15, 0.2) is 18.2 Å². The standard InChI is InChI=1S/C18H11Cl2F3N2O5/c19-12-5-10(30-18(21,22)23)6-13(20)11(12)4-9-3-8(7-24)17(29)16(25-9)14(26)1-2-15(27)28/h3,5-6,29H,1-2,4H2,(H,27,28). The number of aromatic hydroxyl groups is 1. The Kier molecular flexibility index (Phi) is 7.12.